The zero-order valence-corrected chi connectivity index (χ0v) is 10.8. The lowest BCUT2D eigenvalue weighted by Gasteiger charge is -2.26. The maximum atomic E-state index is 10.7. The number of rotatable bonds is 4. The van der Waals surface area contributed by atoms with Gasteiger partial charge in [0, 0.05) is 23.6 Å². The molecule has 0 heterocycles. The lowest BCUT2D eigenvalue weighted by molar-refractivity contribution is -0.712. The van der Waals surface area contributed by atoms with Crippen molar-refractivity contribution in [1.82, 2.24) is 0 Å². The first-order valence-electron chi connectivity index (χ1n) is 6.73. The van der Waals surface area contributed by atoms with Crippen LogP contribution >= 0.6 is 0 Å². The highest BCUT2D eigenvalue weighted by molar-refractivity contribution is 5.33. The standard InChI is InChI=1S/C14H20N2O2/c1-11-5-2-3-8-14(11)15-10-12-6-4-7-13(9-12)16(17)18/h4,6-7,9,11,14-15H,2-3,5,8,10H2,1H3/p+1/t11-,14-/m1/s1. The van der Waals surface area contributed by atoms with Gasteiger partial charge in [-0.1, -0.05) is 25.5 Å². The molecule has 0 saturated heterocycles. The Morgan fingerprint density at radius 2 is 2.17 bits per heavy atom. The fourth-order valence-corrected chi connectivity index (χ4v) is 2.78. The molecule has 0 unspecified atom stereocenters. The number of nitro groups is 1. The van der Waals surface area contributed by atoms with Gasteiger partial charge in [-0.05, 0) is 19.3 Å². The van der Waals surface area contributed by atoms with E-state index in [9.17, 15) is 10.1 Å². The van der Waals surface area contributed by atoms with Crippen LogP contribution in [0, 0.1) is 16.0 Å². The van der Waals surface area contributed by atoms with Gasteiger partial charge in [-0.25, -0.2) is 0 Å². The zero-order valence-electron chi connectivity index (χ0n) is 10.8. The van der Waals surface area contributed by atoms with Crippen LogP contribution in [0.4, 0.5) is 5.69 Å². The summed E-state index contributed by atoms with van der Waals surface area (Å²) in [6.45, 7) is 3.16. The Morgan fingerprint density at radius 3 is 2.89 bits per heavy atom. The fourth-order valence-electron chi connectivity index (χ4n) is 2.78. The van der Waals surface area contributed by atoms with Crippen LogP contribution in [0.2, 0.25) is 0 Å². The number of quaternary nitrogens is 1. The third kappa shape index (κ3) is 3.29. The number of nitrogens with two attached hydrogens (primary N) is 1. The molecule has 0 amide bonds. The molecule has 2 atom stereocenters. The number of nitrogens with zero attached hydrogens (tertiary/aromatic N) is 1. The summed E-state index contributed by atoms with van der Waals surface area (Å²) in [6.07, 6.45) is 5.26. The summed E-state index contributed by atoms with van der Waals surface area (Å²) in [5.41, 5.74) is 1.24. The molecule has 1 fully saturated rings. The summed E-state index contributed by atoms with van der Waals surface area (Å²) in [7, 11) is 0. The summed E-state index contributed by atoms with van der Waals surface area (Å²) in [5.74, 6) is 0.762. The summed E-state index contributed by atoms with van der Waals surface area (Å²) < 4.78 is 0. The second-order valence-corrected chi connectivity index (χ2v) is 5.29. The maximum absolute atomic E-state index is 10.7. The van der Waals surface area contributed by atoms with Gasteiger partial charge in [0.25, 0.3) is 5.69 Å². The first-order valence-corrected chi connectivity index (χ1v) is 6.73. The predicted octanol–water partition coefficient (Wildman–Crippen LogP) is 2.24. The molecule has 1 aromatic rings. The van der Waals surface area contributed by atoms with Crippen molar-refractivity contribution in [3.05, 3.63) is 39.9 Å². The third-order valence-electron chi connectivity index (χ3n) is 3.96. The quantitative estimate of drug-likeness (QED) is 0.657. The summed E-state index contributed by atoms with van der Waals surface area (Å²) in [5, 5.41) is 13.1. The zero-order chi connectivity index (χ0) is 13.0. The van der Waals surface area contributed by atoms with E-state index in [0.29, 0.717) is 6.04 Å². The van der Waals surface area contributed by atoms with Gasteiger partial charge in [-0.2, -0.15) is 0 Å². The van der Waals surface area contributed by atoms with Gasteiger partial charge < -0.3 is 5.32 Å². The summed E-state index contributed by atoms with van der Waals surface area (Å²) >= 11 is 0. The lowest BCUT2D eigenvalue weighted by atomic mass is 9.86. The molecule has 18 heavy (non-hydrogen) atoms. The van der Waals surface area contributed by atoms with Crippen LogP contribution < -0.4 is 5.32 Å². The van der Waals surface area contributed by atoms with Gasteiger partial charge in [-0.3, -0.25) is 10.1 Å². The molecule has 0 radical (unpaired) electrons. The van der Waals surface area contributed by atoms with Crippen LogP contribution in [0.15, 0.2) is 24.3 Å². The Labute approximate surface area is 108 Å². The Morgan fingerprint density at radius 1 is 1.39 bits per heavy atom. The number of hydrogen-bond acceptors (Lipinski definition) is 2. The highest BCUT2D eigenvalue weighted by Crippen LogP contribution is 2.21. The molecule has 1 aliphatic carbocycles. The van der Waals surface area contributed by atoms with Gasteiger partial charge in [0.15, 0.2) is 0 Å². The largest absolute Gasteiger partial charge is 0.340 e. The molecule has 1 aromatic carbocycles. The minimum absolute atomic E-state index is 0.192. The lowest BCUT2D eigenvalue weighted by Crippen LogP contribution is -2.90. The maximum Gasteiger partial charge on any atom is 0.269 e. The van der Waals surface area contributed by atoms with E-state index < -0.39 is 0 Å². The van der Waals surface area contributed by atoms with Gasteiger partial charge >= 0.3 is 0 Å². The third-order valence-corrected chi connectivity index (χ3v) is 3.96. The number of hydrogen-bond donors (Lipinski definition) is 1. The molecule has 4 heteroatoms. The molecule has 0 aromatic heterocycles. The first kappa shape index (κ1) is 13.0. The molecular weight excluding hydrogens is 228 g/mol. The summed E-state index contributed by atoms with van der Waals surface area (Å²) in [4.78, 5) is 10.4. The van der Waals surface area contributed by atoms with Crippen molar-refractivity contribution in [3.63, 3.8) is 0 Å². The average Bonchev–Trinajstić information content (AvgIpc) is 2.38. The first-order chi connectivity index (χ1) is 8.66. The molecule has 1 aliphatic rings. The van der Waals surface area contributed by atoms with Crippen molar-refractivity contribution in [2.45, 2.75) is 45.2 Å². The monoisotopic (exact) mass is 249 g/mol. The minimum atomic E-state index is -0.327. The van der Waals surface area contributed by atoms with Crippen LogP contribution in [0.25, 0.3) is 0 Å². The van der Waals surface area contributed by atoms with E-state index in [4.69, 9.17) is 0 Å². The van der Waals surface area contributed by atoms with Crippen LogP contribution in [0.1, 0.15) is 38.2 Å². The number of nitro benzene ring substituents is 1. The Kier molecular flexibility index (Phi) is 4.31. The highest BCUT2D eigenvalue weighted by atomic mass is 16.6. The number of non-ortho nitro benzene ring substituents is 1. The minimum Gasteiger partial charge on any atom is -0.340 e. The average molecular weight is 249 g/mol. The molecule has 2 N–H and O–H groups in total. The van der Waals surface area contributed by atoms with Crippen LogP contribution in [0.3, 0.4) is 0 Å². The van der Waals surface area contributed by atoms with Gasteiger partial charge in [-0.15, -0.1) is 0 Å². The molecule has 0 aliphatic heterocycles. The normalized spacial score (nSPS) is 23.8. The van der Waals surface area contributed by atoms with Crippen LogP contribution in [0.5, 0.6) is 0 Å². The molecular formula is C14H21N2O2+. The summed E-state index contributed by atoms with van der Waals surface area (Å²) in [6, 6.07) is 7.65. The molecule has 1 saturated carbocycles. The van der Waals surface area contributed by atoms with Gasteiger partial charge in [0.1, 0.15) is 6.54 Å². The van der Waals surface area contributed by atoms with E-state index in [1.165, 1.54) is 25.7 Å². The van der Waals surface area contributed by atoms with Crippen molar-refractivity contribution in [3.8, 4) is 0 Å². The molecule has 98 valence electrons. The van der Waals surface area contributed by atoms with E-state index in [2.05, 4.69) is 12.2 Å². The van der Waals surface area contributed by atoms with Crippen molar-refractivity contribution < 1.29 is 10.2 Å². The second kappa shape index (κ2) is 5.96. The molecule has 2 rings (SSSR count). The van der Waals surface area contributed by atoms with Gasteiger partial charge in [0.2, 0.25) is 0 Å². The van der Waals surface area contributed by atoms with Crippen molar-refractivity contribution >= 4 is 5.69 Å². The van der Waals surface area contributed by atoms with E-state index in [1.807, 2.05) is 6.07 Å². The second-order valence-electron chi connectivity index (χ2n) is 5.29. The topological polar surface area (TPSA) is 59.8 Å². The van der Waals surface area contributed by atoms with Crippen molar-refractivity contribution in [2.75, 3.05) is 0 Å². The Bertz CT molecular complexity index is 420. The van der Waals surface area contributed by atoms with Crippen LogP contribution in [-0.2, 0) is 6.54 Å². The molecule has 4 nitrogen and oxygen atoms in total. The van der Waals surface area contributed by atoms with Crippen molar-refractivity contribution in [2.24, 2.45) is 5.92 Å². The highest BCUT2D eigenvalue weighted by Gasteiger charge is 2.23. The van der Waals surface area contributed by atoms with E-state index in [-0.39, 0.29) is 10.6 Å². The number of benzene rings is 1. The molecule has 0 spiro atoms. The predicted molar refractivity (Wildman–Crippen MR) is 70.1 cm³/mol. The molecule has 0 bridgehead atoms. The SMILES string of the molecule is C[C@@H]1CCCC[C@H]1[NH2+]Cc1cccc([N+](=O)[O-])c1. The van der Waals surface area contributed by atoms with E-state index in [0.717, 1.165) is 18.0 Å². The van der Waals surface area contributed by atoms with Crippen molar-refractivity contribution in [1.29, 1.82) is 0 Å². The Balaban J connectivity index is 1.93. The fraction of sp³-hybridized carbons (Fsp3) is 0.571. The van der Waals surface area contributed by atoms with E-state index in [1.54, 1.807) is 18.2 Å². The Hall–Kier alpha value is -1.42. The van der Waals surface area contributed by atoms with E-state index >= 15 is 0 Å². The van der Waals surface area contributed by atoms with Gasteiger partial charge in [0.05, 0.1) is 11.0 Å². The smallest absolute Gasteiger partial charge is 0.269 e. The van der Waals surface area contributed by atoms with Crippen LogP contribution in [-0.4, -0.2) is 11.0 Å².